The molecule has 1 heterocycles. The number of aromatic nitrogens is 2. The molecule has 0 amide bonds. The third kappa shape index (κ3) is 2.46. The second-order valence-corrected chi connectivity index (χ2v) is 3.22. The second-order valence-electron chi connectivity index (χ2n) is 3.22. The maximum absolute atomic E-state index is 10.5. The number of aliphatic carboxylic acids is 1. The number of ether oxygens (including phenoxy) is 1. The van der Waals surface area contributed by atoms with E-state index in [0.29, 0.717) is 5.75 Å². The van der Waals surface area contributed by atoms with Gasteiger partial charge in [-0.2, -0.15) is 5.10 Å². The largest absolute Gasteiger partial charge is 0.487 e. The molecule has 0 saturated carbocycles. The summed E-state index contributed by atoms with van der Waals surface area (Å²) in [6, 6.07) is 0. The van der Waals surface area contributed by atoms with E-state index in [2.05, 4.69) is 5.10 Å². The highest BCUT2D eigenvalue weighted by Gasteiger charge is 2.31. The number of hydrogen-bond donors (Lipinski definition) is 2. The lowest BCUT2D eigenvalue weighted by Crippen LogP contribution is -2.41. The molecule has 78 valence electrons. The van der Waals surface area contributed by atoms with Gasteiger partial charge in [0.25, 0.3) is 0 Å². The van der Waals surface area contributed by atoms with Gasteiger partial charge in [0.05, 0.1) is 12.4 Å². The summed E-state index contributed by atoms with van der Waals surface area (Å²) in [6.45, 7) is 0.861. The summed E-state index contributed by atoms with van der Waals surface area (Å²) >= 11 is 0. The third-order valence-electron chi connectivity index (χ3n) is 1.66. The van der Waals surface area contributed by atoms with E-state index in [1.807, 2.05) is 0 Å². The van der Waals surface area contributed by atoms with Crippen LogP contribution in [0, 0.1) is 0 Å². The van der Waals surface area contributed by atoms with Gasteiger partial charge in [-0.3, -0.25) is 4.68 Å². The van der Waals surface area contributed by atoms with Crippen LogP contribution < -0.4 is 4.74 Å². The zero-order valence-electron chi connectivity index (χ0n) is 7.97. The molecule has 0 radical (unpaired) electrons. The van der Waals surface area contributed by atoms with Crippen LogP contribution in [0.3, 0.4) is 0 Å². The average molecular weight is 200 g/mol. The fourth-order valence-electron chi connectivity index (χ4n) is 0.759. The predicted molar refractivity (Wildman–Crippen MR) is 47.0 cm³/mol. The van der Waals surface area contributed by atoms with E-state index in [1.165, 1.54) is 17.8 Å². The van der Waals surface area contributed by atoms with Crippen LogP contribution in [0.2, 0.25) is 0 Å². The molecule has 0 saturated heterocycles. The minimum absolute atomic E-state index is 0.311. The molecule has 0 aromatic carbocycles. The number of aryl methyl sites for hydroxylation is 1. The maximum atomic E-state index is 10.5. The van der Waals surface area contributed by atoms with Crippen molar-refractivity contribution in [2.24, 2.45) is 7.05 Å². The van der Waals surface area contributed by atoms with Crippen molar-refractivity contribution in [2.75, 3.05) is 6.61 Å². The van der Waals surface area contributed by atoms with Crippen LogP contribution in [0.5, 0.6) is 5.75 Å². The fraction of sp³-hybridized carbons (Fsp3) is 0.500. The van der Waals surface area contributed by atoms with E-state index in [4.69, 9.17) is 9.84 Å². The van der Waals surface area contributed by atoms with E-state index in [-0.39, 0.29) is 6.61 Å². The molecule has 0 aliphatic heterocycles. The summed E-state index contributed by atoms with van der Waals surface area (Å²) in [5.74, 6) is -0.893. The van der Waals surface area contributed by atoms with Crippen molar-refractivity contribution < 1.29 is 19.7 Å². The summed E-state index contributed by atoms with van der Waals surface area (Å²) in [6.07, 6.45) is 3.02. The molecule has 1 aromatic heterocycles. The number of carbonyl (C=O) groups is 1. The van der Waals surface area contributed by atoms with Gasteiger partial charge in [0.15, 0.2) is 11.4 Å². The van der Waals surface area contributed by atoms with Crippen LogP contribution in [0.1, 0.15) is 6.92 Å². The van der Waals surface area contributed by atoms with Crippen molar-refractivity contribution in [2.45, 2.75) is 12.5 Å². The first-order valence-electron chi connectivity index (χ1n) is 3.99. The molecule has 0 aliphatic rings. The number of aliphatic hydroxyl groups is 1. The second kappa shape index (κ2) is 3.67. The molecule has 6 heteroatoms. The first-order valence-corrected chi connectivity index (χ1v) is 3.99. The van der Waals surface area contributed by atoms with Gasteiger partial charge in [0.2, 0.25) is 0 Å². The molecule has 0 spiro atoms. The van der Waals surface area contributed by atoms with Crippen LogP contribution in [0.4, 0.5) is 0 Å². The van der Waals surface area contributed by atoms with E-state index < -0.39 is 11.6 Å². The Morgan fingerprint density at radius 3 is 2.86 bits per heavy atom. The highest BCUT2D eigenvalue weighted by molar-refractivity contribution is 5.76. The topological polar surface area (TPSA) is 84.6 Å². The van der Waals surface area contributed by atoms with Crippen LogP contribution in [-0.2, 0) is 11.8 Å². The molecule has 0 bridgehead atoms. The zero-order valence-corrected chi connectivity index (χ0v) is 7.97. The first-order chi connectivity index (χ1) is 6.42. The quantitative estimate of drug-likeness (QED) is 0.693. The lowest BCUT2D eigenvalue weighted by Gasteiger charge is -2.17. The molecule has 0 aliphatic carbocycles. The van der Waals surface area contributed by atoms with Gasteiger partial charge < -0.3 is 14.9 Å². The Balaban J connectivity index is 2.52. The van der Waals surface area contributed by atoms with Gasteiger partial charge in [-0.1, -0.05) is 0 Å². The van der Waals surface area contributed by atoms with Crippen molar-refractivity contribution in [1.29, 1.82) is 0 Å². The Labute approximate surface area is 80.7 Å². The van der Waals surface area contributed by atoms with Gasteiger partial charge >= 0.3 is 5.97 Å². The lowest BCUT2D eigenvalue weighted by atomic mass is 10.1. The number of rotatable bonds is 4. The molecule has 0 fully saturated rings. The standard InChI is InChI=1S/C8H12N2O4/c1-8(13,7(11)12)5-14-6-3-9-10(2)4-6/h3-4,13H,5H2,1-2H3,(H,11,12). The minimum Gasteiger partial charge on any atom is -0.487 e. The van der Waals surface area contributed by atoms with Gasteiger partial charge in [0.1, 0.15) is 6.61 Å². The molecule has 1 rings (SSSR count). The third-order valence-corrected chi connectivity index (χ3v) is 1.66. The van der Waals surface area contributed by atoms with E-state index in [9.17, 15) is 9.90 Å². The molecule has 1 atom stereocenters. The Bertz CT molecular complexity index is 332. The SMILES string of the molecule is Cn1cc(OCC(C)(O)C(=O)O)cn1. The van der Waals surface area contributed by atoms with Crippen LogP contribution >= 0.6 is 0 Å². The van der Waals surface area contributed by atoms with Gasteiger partial charge in [-0.25, -0.2) is 4.79 Å². The van der Waals surface area contributed by atoms with Crippen molar-refractivity contribution in [3.63, 3.8) is 0 Å². The molecular formula is C8H12N2O4. The molecular weight excluding hydrogens is 188 g/mol. The highest BCUT2D eigenvalue weighted by atomic mass is 16.5. The summed E-state index contributed by atoms with van der Waals surface area (Å²) in [5.41, 5.74) is -1.88. The van der Waals surface area contributed by atoms with E-state index >= 15 is 0 Å². The summed E-state index contributed by atoms with van der Waals surface area (Å²) in [4.78, 5) is 10.5. The Morgan fingerprint density at radius 1 is 1.79 bits per heavy atom. The molecule has 14 heavy (non-hydrogen) atoms. The van der Waals surface area contributed by atoms with E-state index in [1.54, 1.807) is 13.2 Å². The van der Waals surface area contributed by atoms with Crippen molar-refractivity contribution in [3.8, 4) is 5.75 Å². The van der Waals surface area contributed by atoms with Crippen molar-refractivity contribution in [3.05, 3.63) is 12.4 Å². The van der Waals surface area contributed by atoms with Crippen molar-refractivity contribution >= 4 is 5.97 Å². The molecule has 1 aromatic rings. The monoisotopic (exact) mass is 200 g/mol. The zero-order chi connectivity index (χ0) is 10.8. The van der Waals surface area contributed by atoms with Crippen LogP contribution in [0.25, 0.3) is 0 Å². The molecule has 2 N–H and O–H groups in total. The number of carboxylic acid groups (broad SMARTS) is 1. The summed E-state index contributed by atoms with van der Waals surface area (Å²) in [5, 5.41) is 21.7. The number of hydrogen-bond acceptors (Lipinski definition) is 4. The van der Waals surface area contributed by atoms with Gasteiger partial charge in [-0.05, 0) is 6.92 Å². The summed E-state index contributed by atoms with van der Waals surface area (Å²) in [7, 11) is 1.71. The van der Waals surface area contributed by atoms with Gasteiger partial charge in [0, 0.05) is 7.05 Å². The first kappa shape index (κ1) is 10.5. The minimum atomic E-state index is -1.88. The Kier molecular flexibility index (Phi) is 2.76. The fourth-order valence-corrected chi connectivity index (χ4v) is 0.759. The maximum Gasteiger partial charge on any atom is 0.339 e. The highest BCUT2D eigenvalue weighted by Crippen LogP contribution is 2.11. The van der Waals surface area contributed by atoms with Crippen molar-refractivity contribution in [1.82, 2.24) is 9.78 Å². The average Bonchev–Trinajstić information content (AvgIpc) is 2.48. The normalized spacial score (nSPS) is 14.8. The lowest BCUT2D eigenvalue weighted by molar-refractivity contribution is -0.159. The van der Waals surface area contributed by atoms with Gasteiger partial charge in [-0.15, -0.1) is 0 Å². The van der Waals surface area contributed by atoms with E-state index in [0.717, 1.165) is 0 Å². The molecule has 6 nitrogen and oxygen atoms in total. The smallest absolute Gasteiger partial charge is 0.339 e. The predicted octanol–water partition coefficient (Wildman–Crippen LogP) is -0.366. The Morgan fingerprint density at radius 2 is 2.43 bits per heavy atom. The van der Waals surface area contributed by atoms with Crippen LogP contribution in [-0.4, -0.2) is 38.2 Å². The number of nitrogens with zero attached hydrogens (tertiary/aromatic N) is 2. The number of carboxylic acids is 1. The summed E-state index contributed by atoms with van der Waals surface area (Å²) < 4.78 is 6.56. The molecule has 1 unspecified atom stereocenters. The Hall–Kier alpha value is -1.56. The van der Waals surface area contributed by atoms with Crippen LogP contribution in [0.15, 0.2) is 12.4 Å².